The molecule has 16 heavy (non-hydrogen) atoms. The van der Waals surface area contributed by atoms with E-state index < -0.39 is 0 Å². The number of hydrogen-bond acceptors (Lipinski definition) is 5. The van der Waals surface area contributed by atoms with Gasteiger partial charge in [0.1, 0.15) is 0 Å². The maximum Gasteiger partial charge on any atom is 0.186 e. The zero-order valence-electron chi connectivity index (χ0n) is 9.56. The first-order valence-electron chi connectivity index (χ1n) is 5.71. The molecule has 0 unspecified atom stereocenters. The van der Waals surface area contributed by atoms with Crippen molar-refractivity contribution in [2.45, 2.75) is 13.3 Å². The summed E-state index contributed by atoms with van der Waals surface area (Å²) in [6.07, 6.45) is 3.74. The van der Waals surface area contributed by atoms with Crippen molar-refractivity contribution in [3.05, 3.63) is 11.1 Å². The molecule has 1 aromatic heterocycles. The van der Waals surface area contributed by atoms with E-state index in [9.17, 15) is 4.79 Å². The Morgan fingerprint density at radius 1 is 1.44 bits per heavy atom. The summed E-state index contributed by atoms with van der Waals surface area (Å²) in [6.45, 7) is 7.64. The molecule has 1 saturated heterocycles. The van der Waals surface area contributed by atoms with Gasteiger partial charge in [-0.3, -0.25) is 9.69 Å². The molecule has 0 spiro atoms. The average Bonchev–Trinajstić information content (AvgIpc) is 2.79. The Labute approximate surface area is 99.9 Å². The number of thiazole rings is 1. The summed E-state index contributed by atoms with van der Waals surface area (Å²) < 4.78 is 0. The van der Waals surface area contributed by atoms with Crippen molar-refractivity contribution < 1.29 is 4.79 Å². The second-order valence-electron chi connectivity index (χ2n) is 3.99. The molecule has 0 aromatic carbocycles. The van der Waals surface area contributed by atoms with Crippen LogP contribution >= 0.6 is 11.3 Å². The Morgan fingerprint density at radius 3 is 2.75 bits per heavy atom. The van der Waals surface area contributed by atoms with Crippen molar-refractivity contribution in [1.82, 2.24) is 9.88 Å². The van der Waals surface area contributed by atoms with Crippen molar-refractivity contribution in [1.29, 1.82) is 0 Å². The Morgan fingerprint density at radius 2 is 2.19 bits per heavy atom. The van der Waals surface area contributed by atoms with E-state index in [1.54, 1.807) is 6.20 Å². The van der Waals surface area contributed by atoms with Crippen LogP contribution in [-0.2, 0) is 0 Å². The molecule has 0 amide bonds. The average molecular weight is 239 g/mol. The second-order valence-corrected chi connectivity index (χ2v) is 5.03. The van der Waals surface area contributed by atoms with Crippen molar-refractivity contribution in [3.63, 3.8) is 0 Å². The van der Waals surface area contributed by atoms with E-state index in [0.29, 0.717) is 4.88 Å². The lowest BCUT2D eigenvalue weighted by molar-refractivity contribution is 0.112. The van der Waals surface area contributed by atoms with Gasteiger partial charge in [-0.2, -0.15) is 0 Å². The third-order valence-electron chi connectivity index (χ3n) is 2.81. The summed E-state index contributed by atoms with van der Waals surface area (Å²) in [5, 5.41) is 0.984. The summed E-state index contributed by atoms with van der Waals surface area (Å²) in [5.74, 6) is 0. The number of aldehydes is 1. The molecule has 1 aromatic rings. The highest BCUT2D eigenvalue weighted by atomic mass is 32.1. The molecule has 0 atom stereocenters. The van der Waals surface area contributed by atoms with E-state index in [2.05, 4.69) is 21.7 Å². The highest BCUT2D eigenvalue weighted by molar-refractivity contribution is 7.17. The van der Waals surface area contributed by atoms with E-state index in [-0.39, 0.29) is 0 Å². The van der Waals surface area contributed by atoms with E-state index in [4.69, 9.17) is 0 Å². The molecule has 2 rings (SSSR count). The van der Waals surface area contributed by atoms with Crippen molar-refractivity contribution in [2.24, 2.45) is 0 Å². The molecule has 1 aliphatic heterocycles. The van der Waals surface area contributed by atoms with E-state index in [0.717, 1.165) is 37.6 Å². The third kappa shape index (κ3) is 2.59. The molecule has 1 fully saturated rings. The van der Waals surface area contributed by atoms with E-state index >= 15 is 0 Å². The number of anilines is 1. The number of rotatable bonds is 4. The normalized spacial score (nSPS) is 17.7. The molecule has 0 aliphatic carbocycles. The molecule has 0 radical (unpaired) electrons. The summed E-state index contributed by atoms with van der Waals surface area (Å²) in [4.78, 5) is 20.3. The van der Waals surface area contributed by atoms with Gasteiger partial charge in [0.25, 0.3) is 0 Å². The van der Waals surface area contributed by atoms with Gasteiger partial charge in [0.2, 0.25) is 0 Å². The van der Waals surface area contributed by atoms with Gasteiger partial charge in [-0.1, -0.05) is 18.3 Å². The number of carbonyl (C=O) groups excluding carboxylic acids is 1. The monoisotopic (exact) mass is 239 g/mol. The van der Waals surface area contributed by atoms with E-state index in [1.165, 1.54) is 24.3 Å². The van der Waals surface area contributed by atoms with Crippen molar-refractivity contribution in [3.8, 4) is 0 Å². The molecule has 4 nitrogen and oxygen atoms in total. The van der Waals surface area contributed by atoms with Crippen LogP contribution in [-0.4, -0.2) is 48.9 Å². The minimum absolute atomic E-state index is 0.714. The summed E-state index contributed by atoms with van der Waals surface area (Å²) in [6, 6.07) is 0. The first-order chi connectivity index (χ1) is 7.83. The predicted molar refractivity (Wildman–Crippen MR) is 66.4 cm³/mol. The van der Waals surface area contributed by atoms with Crippen LogP contribution < -0.4 is 4.90 Å². The van der Waals surface area contributed by atoms with Crippen LogP contribution in [0.4, 0.5) is 5.13 Å². The number of aromatic nitrogens is 1. The molecule has 0 N–H and O–H groups in total. The first-order valence-corrected chi connectivity index (χ1v) is 6.53. The molecule has 0 saturated carbocycles. The van der Waals surface area contributed by atoms with Crippen molar-refractivity contribution >= 4 is 22.8 Å². The zero-order chi connectivity index (χ0) is 11.4. The molecule has 1 aliphatic rings. The maximum atomic E-state index is 10.6. The highest BCUT2D eigenvalue weighted by Crippen LogP contribution is 2.22. The molecule has 0 bridgehead atoms. The van der Waals surface area contributed by atoms with Crippen molar-refractivity contribution in [2.75, 3.05) is 37.6 Å². The summed E-state index contributed by atoms with van der Waals surface area (Å²) >= 11 is 1.48. The number of piperazine rings is 1. The van der Waals surface area contributed by atoms with Crippen LogP contribution in [0.5, 0.6) is 0 Å². The fraction of sp³-hybridized carbons (Fsp3) is 0.636. The predicted octanol–water partition coefficient (Wildman–Crippen LogP) is 1.49. The van der Waals surface area contributed by atoms with Gasteiger partial charge in [-0.25, -0.2) is 4.98 Å². The van der Waals surface area contributed by atoms with Gasteiger partial charge < -0.3 is 4.90 Å². The van der Waals surface area contributed by atoms with Gasteiger partial charge in [0.05, 0.1) is 11.1 Å². The Kier molecular flexibility index (Phi) is 3.90. The van der Waals surface area contributed by atoms with Gasteiger partial charge in [0.15, 0.2) is 11.4 Å². The van der Waals surface area contributed by atoms with Gasteiger partial charge in [0, 0.05) is 26.2 Å². The maximum absolute atomic E-state index is 10.6. The SMILES string of the molecule is CCCN1CCN(c2ncc(C=O)s2)CC1. The van der Waals surface area contributed by atoms with E-state index in [1.807, 2.05) is 0 Å². The topological polar surface area (TPSA) is 36.4 Å². The highest BCUT2D eigenvalue weighted by Gasteiger charge is 2.18. The number of carbonyl (C=O) groups is 1. The minimum Gasteiger partial charge on any atom is -0.346 e. The Hall–Kier alpha value is -0.940. The standard InChI is InChI=1S/C11H17N3OS/c1-2-3-13-4-6-14(7-5-13)11-12-8-10(9-15)16-11/h8-9H,2-7H2,1H3. The second kappa shape index (κ2) is 5.41. The minimum atomic E-state index is 0.714. The molecule has 88 valence electrons. The smallest absolute Gasteiger partial charge is 0.186 e. The quantitative estimate of drug-likeness (QED) is 0.746. The lowest BCUT2D eigenvalue weighted by Gasteiger charge is -2.34. The van der Waals surface area contributed by atoms with Gasteiger partial charge in [-0.05, 0) is 13.0 Å². The Bertz CT molecular complexity index is 345. The molecule has 2 heterocycles. The van der Waals surface area contributed by atoms with Gasteiger partial charge in [-0.15, -0.1) is 0 Å². The fourth-order valence-corrected chi connectivity index (χ4v) is 2.74. The summed E-state index contributed by atoms with van der Waals surface area (Å²) in [7, 11) is 0. The first kappa shape index (κ1) is 11.5. The molecular weight excluding hydrogens is 222 g/mol. The summed E-state index contributed by atoms with van der Waals surface area (Å²) in [5.41, 5.74) is 0. The molecular formula is C11H17N3OS. The lowest BCUT2D eigenvalue weighted by atomic mass is 10.3. The Balaban J connectivity index is 1.91. The number of hydrogen-bond donors (Lipinski definition) is 0. The number of nitrogens with zero attached hydrogens (tertiary/aromatic N) is 3. The van der Waals surface area contributed by atoms with Crippen LogP contribution in [0.15, 0.2) is 6.20 Å². The van der Waals surface area contributed by atoms with Crippen LogP contribution in [0.2, 0.25) is 0 Å². The lowest BCUT2D eigenvalue weighted by Crippen LogP contribution is -2.46. The largest absolute Gasteiger partial charge is 0.346 e. The fourth-order valence-electron chi connectivity index (χ4n) is 1.96. The van der Waals surface area contributed by atoms with Crippen LogP contribution in [0, 0.1) is 0 Å². The van der Waals surface area contributed by atoms with Gasteiger partial charge >= 0.3 is 0 Å². The van der Waals surface area contributed by atoms with Crippen LogP contribution in [0.25, 0.3) is 0 Å². The molecule has 5 heteroatoms. The zero-order valence-corrected chi connectivity index (χ0v) is 10.4. The van der Waals surface area contributed by atoms with Crippen LogP contribution in [0.3, 0.4) is 0 Å². The van der Waals surface area contributed by atoms with Crippen LogP contribution in [0.1, 0.15) is 23.0 Å². The third-order valence-corrected chi connectivity index (χ3v) is 3.79.